The van der Waals surface area contributed by atoms with Crippen molar-refractivity contribution in [1.82, 2.24) is 4.90 Å². The van der Waals surface area contributed by atoms with E-state index in [0.29, 0.717) is 27.9 Å². The Morgan fingerprint density at radius 2 is 1.81 bits per heavy atom. The minimum Gasteiger partial charge on any atom is -0.508 e. The molecule has 0 radical (unpaired) electrons. The zero-order valence-electron chi connectivity index (χ0n) is 13.7. The molecule has 26 heavy (non-hydrogen) atoms. The molecule has 2 aromatic rings. The number of carbonyl (C=O) groups is 1. The lowest BCUT2D eigenvalue weighted by atomic mass is 10.2. The molecule has 0 saturated carbocycles. The average molecular weight is 368 g/mol. The van der Waals surface area contributed by atoms with Crippen LogP contribution in [0.1, 0.15) is 5.56 Å². The van der Waals surface area contributed by atoms with Gasteiger partial charge in [-0.25, -0.2) is 4.99 Å². The smallest absolute Gasteiger partial charge is 0.267 e. The Morgan fingerprint density at radius 1 is 1.08 bits per heavy atom. The molecule has 0 aromatic heterocycles. The van der Waals surface area contributed by atoms with Crippen LogP contribution in [0.25, 0.3) is 6.08 Å². The van der Waals surface area contributed by atoms with Crippen molar-refractivity contribution in [2.75, 3.05) is 6.54 Å². The fourth-order valence-corrected chi connectivity index (χ4v) is 3.31. The van der Waals surface area contributed by atoms with Crippen LogP contribution in [-0.4, -0.2) is 37.8 Å². The maximum absolute atomic E-state index is 12.7. The Morgan fingerprint density at radius 3 is 2.46 bits per heavy atom. The molecule has 6 nitrogen and oxygen atoms in total. The van der Waals surface area contributed by atoms with E-state index in [1.807, 2.05) is 0 Å². The number of amides is 1. The van der Waals surface area contributed by atoms with Crippen LogP contribution in [0.15, 0.2) is 65.0 Å². The molecule has 1 heterocycles. The van der Waals surface area contributed by atoms with E-state index in [-0.39, 0.29) is 23.2 Å². The normalized spacial score (nSPS) is 17.2. The number of aromatic hydroxyl groups is 3. The molecule has 1 fully saturated rings. The van der Waals surface area contributed by atoms with Crippen LogP contribution < -0.4 is 0 Å². The predicted octanol–water partition coefficient (Wildman–Crippen LogP) is 3.59. The van der Waals surface area contributed by atoms with Gasteiger partial charge >= 0.3 is 0 Å². The Hall–Kier alpha value is -3.19. The molecule has 0 atom stereocenters. The van der Waals surface area contributed by atoms with Gasteiger partial charge in [0.2, 0.25) is 0 Å². The second-order valence-corrected chi connectivity index (χ2v) is 6.48. The molecule has 0 unspecified atom stereocenters. The molecule has 7 heteroatoms. The van der Waals surface area contributed by atoms with Gasteiger partial charge in [-0.3, -0.25) is 9.69 Å². The average Bonchev–Trinajstić information content (AvgIpc) is 2.89. The lowest BCUT2D eigenvalue weighted by Gasteiger charge is -2.12. The van der Waals surface area contributed by atoms with Gasteiger partial charge < -0.3 is 15.3 Å². The van der Waals surface area contributed by atoms with Crippen molar-refractivity contribution in [2.24, 2.45) is 4.99 Å². The van der Waals surface area contributed by atoms with Crippen molar-refractivity contribution < 1.29 is 20.1 Å². The molecular weight excluding hydrogens is 352 g/mol. The van der Waals surface area contributed by atoms with E-state index in [2.05, 4.69) is 11.6 Å². The van der Waals surface area contributed by atoms with Crippen LogP contribution in [-0.2, 0) is 4.79 Å². The molecule has 0 aliphatic carbocycles. The highest BCUT2D eigenvalue weighted by molar-refractivity contribution is 8.18. The predicted molar refractivity (Wildman–Crippen MR) is 102 cm³/mol. The van der Waals surface area contributed by atoms with Crippen LogP contribution in [0.5, 0.6) is 17.2 Å². The monoisotopic (exact) mass is 368 g/mol. The molecule has 132 valence electrons. The largest absolute Gasteiger partial charge is 0.508 e. The van der Waals surface area contributed by atoms with Crippen LogP contribution in [0, 0.1) is 0 Å². The first-order valence-corrected chi connectivity index (χ1v) is 8.51. The van der Waals surface area contributed by atoms with Gasteiger partial charge in [-0.15, -0.1) is 6.58 Å². The van der Waals surface area contributed by atoms with Crippen molar-refractivity contribution in [3.63, 3.8) is 0 Å². The number of hydrogen-bond acceptors (Lipinski definition) is 6. The Bertz CT molecular complexity index is 920. The number of hydrogen-bond donors (Lipinski definition) is 3. The Kier molecular flexibility index (Phi) is 4.99. The standard InChI is InChI=1S/C19H16N2O4S/c1-2-9-21-18(25)17(11-12-3-8-15(23)16(24)10-12)26-19(21)20-13-4-6-14(22)7-5-13/h2-8,10-11,22-24H,1,9H2/b17-11-,20-19?. The van der Waals surface area contributed by atoms with Gasteiger partial charge in [0.15, 0.2) is 16.7 Å². The Balaban J connectivity index is 1.95. The zero-order valence-corrected chi connectivity index (χ0v) is 14.5. The molecule has 1 saturated heterocycles. The second kappa shape index (κ2) is 7.37. The summed E-state index contributed by atoms with van der Waals surface area (Å²) in [5, 5.41) is 28.9. The molecule has 3 rings (SSSR count). The highest BCUT2D eigenvalue weighted by Gasteiger charge is 2.32. The summed E-state index contributed by atoms with van der Waals surface area (Å²) in [6.45, 7) is 3.98. The third kappa shape index (κ3) is 3.73. The number of carbonyl (C=O) groups excluding carboxylic acids is 1. The van der Waals surface area contributed by atoms with Crippen molar-refractivity contribution in [2.45, 2.75) is 0 Å². The molecular formula is C19H16N2O4S. The van der Waals surface area contributed by atoms with Gasteiger partial charge in [0.1, 0.15) is 5.75 Å². The number of aliphatic imine (C=N–C) groups is 1. The van der Waals surface area contributed by atoms with Gasteiger partial charge in [-0.2, -0.15) is 0 Å². The topological polar surface area (TPSA) is 93.4 Å². The van der Waals surface area contributed by atoms with Gasteiger partial charge in [0.05, 0.1) is 10.6 Å². The molecule has 1 amide bonds. The third-order valence-corrected chi connectivity index (χ3v) is 4.58. The number of rotatable bonds is 4. The van der Waals surface area contributed by atoms with Crippen molar-refractivity contribution in [3.05, 3.63) is 65.6 Å². The van der Waals surface area contributed by atoms with Gasteiger partial charge in [0.25, 0.3) is 5.91 Å². The highest BCUT2D eigenvalue weighted by Crippen LogP contribution is 2.35. The Labute approximate surface area is 154 Å². The summed E-state index contributed by atoms with van der Waals surface area (Å²) in [7, 11) is 0. The molecule has 1 aliphatic heterocycles. The minimum atomic E-state index is -0.254. The summed E-state index contributed by atoms with van der Waals surface area (Å²) in [6, 6.07) is 10.7. The maximum atomic E-state index is 12.7. The first-order valence-electron chi connectivity index (χ1n) is 7.70. The fourth-order valence-electron chi connectivity index (χ4n) is 2.30. The number of thioether (sulfide) groups is 1. The van der Waals surface area contributed by atoms with Crippen molar-refractivity contribution in [3.8, 4) is 17.2 Å². The maximum Gasteiger partial charge on any atom is 0.267 e. The van der Waals surface area contributed by atoms with Crippen molar-refractivity contribution in [1.29, 1.82) is 0 Å². The first kappa shape index (κ1) is 17.6. The number of amidine groups is 1. The van der Waals surface area contributed by atoms with E-state index < -0.39 is 0 Å². The summed E-state index contributed by atoms with van der Waals surface area (Å²) in [6.07, 6.45) is 3.24. The number of phenols is 3. The van der Waals surface area contributed by atoms with E-state index in [0.717, 1.165) is 0 Å². The van der Waals surface area contributed by atoms with Crippen LogP contribution in [0.3, 0.4) is 0 Å². The molecule has 3 N–H and O–H groups in total. The highest BCUT2D eigenvalue weighted by atomic mass is 32.2. The molecule has 0 spiro atoms. The summed E-state index contributed by atoms with van der Waals surface area (Å²) < 4.78 is 0. The summed E-state index contributed by atoms with van der Waals surface area (Å²) in [5.74, 6) is -0.559. The SMILES string of the molecule is C=CCN1C(=O)/C(=C/c2ccc(O)c(O)c2)SC1=Nc1ccc(O)cc1. The quantitative estimate of drug-likeness (QED) is 0.436. The fraction of sp³-hybridized carbons (Fsp3) is 0.0526. The third-order valence-electron chi connectivity index (χ3n) is 3.57. The van der Waals surface area contributed by atoms with Gasteiger partial charge in [-0.05, 0) is 59.8 Å². The summed E-state index contributed by atoms with van der Waals surface area (Å²) in [4.78, 5) is 19.1. The number of benzene rings is 2. The summed E-state index contributed by atoms with van der Waals surface area (Å²) in [5.41, 5.74) is 1.19. The van der Waals surface area contributed by atoms with Gasteiger partial charge in [0, 0.05) is 6.54 Å². The lowest BCUT2D eigenvalue weighted by molar-refractivity contribution is -0.121. The molecule has 0 bridgehead atoms. The van der Waals surface area contributed by atoms with E-state index in [4.69, 9.17) is 0 Å². The van der Waals surface area contributed by atoms with E-state index in [1.165, 1.54) is 40.9 Å². The molecule has 2 aromatic carbocycles. The van der Waals surface area contributed by atoms with Crippen LogP contribution in [0.4, 0.5) is 5.69 Å². The van der Waals surface area contributed by atoms with E-state index in [9.17, 15) is 20.1 Å². The number of nitrogens with zero attached hydrogens (tertiary/aromatic N) is 2. The molecule has 1 aliphatic rings. The minimum absolute atomic E-state index is 0.139. The van der Waals surface area contributed by atoms with Crippen LogP contribution in [0.2, 0.25) is 0 Å². The van der Waals surface area contributed by atoms with Crippen molar-refractivity contribution >= 4 is 34.6 Å². The summed E-state index contributed by atoms with van der Waals surface area (Å²) >= 11 is 1.20. The first-order chi connectivity index (χ1) is 12.5. The van der Waals surface area contributed by atoms with Gasteiger partial charge in [-0.1, -0.05) is 12.1 Å². The number of phenolic OH excluding ortho intramolecular Hbond substituents is 3. The second-order valence-electron chi connectivity index (χ2n) is 5.47. The van der Waals surface area contributed by atoms with E-state index >= 15 is 0 Å². The van der Waals surface area contributed by atoms with Crippen LogP contribution >= 0.6 is 11.8 Å². The zero-order chi connectivity index (χ0) is 18.7. The van der Waals surface area contributed by atoms with E-state index in [1.54, 1.807) is 30.4 Å². The lowest BCUT2D eigenvalue weighted by Crippen LogP contribution is -2.29.